The highest BCUT2D eigenvalue weighted by Gasteiger charge is 1.98. The topological polar surface area (TPSA) is 41.6 Å². The Bertz CT molecular complexity index is 96.6. The molecule has 0 aromatic heterocycles. The van der Waals surface area contributed by atoms with Gasteiger partial charge in [-0.25, -0.2) is 9.10 Å². The summed E-state index contributed by atoms with van der Waals surface area (Å²) in [6.45, 7) is 0. The minimum Gasteiger partial charge on any atom is -0.358 e. The quantitative estimate of drug-likeness (QED) is 0.459. The average Bonchev–Trinajstić information content (AvgIpc) is 1.83. The Labute approximate surface area is 58.9 Å². The molecular weight excluding hydrogens is 140 g/mol. The summed E-state index contributed by atoms with van der Waals surface area (Å²) in [4.78, 5) is 10.3. The molecule has 0 aliphatic rings. The summed E-state index contributed by atoms with van der Waals surface area (Å²) in [5.41, 5.74) is 0. The van der Waals surface area contributed by atoms with Crippen molar-refractivity contribution >= 4 is 18.3 Å². The molecule has 0 unspecified atom stereocenters. The number of carbonyl (C=O) groups excluding carboxylic acids is 1. The summed E-state index contributed by atoms with van der Waals surface area (Å²) in [6.07, 6.45) is -0.436. The summed E-state index contributed by atoms with van der Waals surface area (Å²) >= 11 is 0.985. The zero-order valence-corrected chi connectivity index (χ0v) is 6.49. The summed E-state index contributed by atoms with van der Waals surface area (Å²) in [5, 5.41) is 2.31. The van der Waals surface area contributed by atoms with Crippen molar-refractivity contribution in [3.63, 3.8) is 0 Å². The van der Waals surface area contributed by atoms with E-state index in [0.29, 0.717) is 0 Å². The molecule has 0 aromatic carbocycles. The van der Waals surface area contributed by atoms with Gasteiger partial charge in [0.05, 0.1) is 0 Å². The monoisotopic (exact) mass is 150 g/mol. The van der Waals surface area contributed by atoms with E-state index in [1.165, 1.54) is 7.05 Å². The fourth-order valence-electron chi connectivity index (χ4n) is 0.150. The first-order chi connectivity index (χ1) is 4.16. The lowest BCUT2D eigenvalue weighted by Crippen LogP contribution is -2.18. The average molecular weight is 150 g/mol. The molecule has 0 aliphatic heterocycles. The second-order valence-corrected chi connectivity index (χ2v) is 2.55. The third kappa shape index (κ3) is 5.45. The van der Waals surface area contributed by atoms with Crippen molar-refractivity contribution in [2.45, 2.75) is 0 Å². The van der Waals surface area contributed by atoms with Crippen LogP contribution in [0.1, 0.15) is 0 Å². The van der Waals surface area contributed by atoms with Crippen LogP contribution in [0.4, 0.5) is 4.79 Å². The van der Waals surface area contributed by atoms with Crippen molar-refractivity contribution in [1.82, 2.24) is 9.62 Å². The lowest BCUT2D eigenvalue weighted by molar-refractivity contribution is 0.209. The SMILES string of the molecule is CNC(=O)OSN(C)C. The molecular formula is C4H10N2O2S. The molecule has 4 nitrogen and oxygen atoms in total. The number of rotatable bonds is 2. The van der Waals surface area contributed by atoms with E-state index >= 15 is 0 Å². The van der Waals surface area contributed by atoms with Crippen LogP contribution in [0.2, 0.25) is 0 Å². The Balaban J connectivity index is 3.17. The minimum atomic E-state index is -0.436. The van der Waals surface area contributed by atoms with E-state index in [-0.39, 0.29) is 0 Å². The van der Waals surface area contributed by atoms with Crippen LogP contribution in [0.15, 0.2) is 0 Å². The molecule has 0 rings (SSSR count). The second kappa shape index (κ2) is 4.46. The predicted molar refractivity (Wildman–Crippen MR) is 36.8 cm³/mol. The van der Waals surface area contributed by atoms with Gasteiger partial charge in [-0.2, -0.15) is 0 Å². The molecule has 9 heavy (non-hydrogen) atoms. The van der Waals surface area contributed by atoms with Gasteiger partial charge in [0.2, 0.25) is 0 Å². The number of nitrogens with one attached hydrogen (secondary N) is 1. The molecule has 0 aromatic rings. The Morgan fingerprint density at radius 2 is 2.22 bits per heavy atom. The second-order valence-electron chi connectivity index (χ2n) is 1.51. The largest absolute Gasteiger partial charge is 0.420 e. The van der Waals surface area contributed by atoms with E-state index < -0.39 is 6.09 Å². The fourth-order valence-corrected chi connectivity index (χ4v) is 0.450. The Morgan fingerprint density at radius 3 is 2.56 bits per heavy atom. The molecule has 0 spiro atoms. The van der Waals surface area contributed by atoms with Crippen molar-refractivity contribution < 1.29 is 8.98 Å². The molecule has 0 saturated carbocycles. The minimum absolute atomic E-state index is 0.436. The van der Waals surface area contributed by atoms with Crippen LogP contribution in [-0.2, 0) is 4.18 Å². The first-order valence-corrected chi connectivity index (χ1v) is 3.10. The molecule has 0 fully saturated rings. The molecule has 0 atom stereocenters. The fraction of sp³-hybridized carbons (Fsp3) is 0.750. The van der Waals surface area contributed by atoms with Gasteiger partial charge < -0.3 is 9.50 Å². The molecule has 0 heterocycles. The van der Waals surface area contributed by atoms with Crippen molar-refractivity contribution in [3.05, 3.63) is 0 Å². The summed E-state index contributed by atoms with van der Waals surface area (Å²) < 4.78 is 6.22. The maximum Gasteiger partial charge on any atom is 0.420 e. The first kappa shape index (κ1) is 8.58. The van der Waals surface area contributed by atoms with Gasteiger partial charge in [-0.15, -0.1) is 0 Å². The van der Waals surface area contributed by atoms with E-state index in [4.69, 9.17) is 0 Å². The van der Waals surface area contributed by atoms with Crippen LogP contribution in [0, 0.1) is 0 Å². The van der Waals surface area contributed by atoms with Gasteiger partial charge in [-0.3, -0.25) is 0 Å². The molecule has 0 radical (unpaired) electrons. The zero-order chi connectivity index (χ0) is 7.28. The summed E-state index contributed by atoms with van der Waals surface area (Å²) in [7, 11) is 5.08. The maximum absolute atomic E-state index is 10.3. The van der Waals surface area contributed by atoms with Gasteiger partial charge in [-0.1, -0.05) is 0 Å². The zero-order valence-electron chi connectivity index (χ0n) is 5.67. The molecule has 54 valence electrons. The first-order valence-electron chi connectivity index (χ1n) is 2.40. The Morgan fingerprint density at radius 1 is 1.67 bits per heavy atom. The summed E-state index contributed by atoms with van der Waals surface area (Å²) in [5.74, 6) is 0. The van der Waals surface area contributed by atoms with E-state index in [1.807, 2.05) is 0 Å². The van der Waals surface area contributed by atoms with Gasteiger partial charge in [0, 0.05) is 21.1 Å². The molecule has 5 heteroatoms. The number of hydrogen-bond acceptors (Lipinski definition) is 4. The van der Waals surface area contributed by atoms with Crippen LogP contribution in [0.5, 0.6) is 0 Å². The highest BCUT2D eigenvalue weighted by molar-refractivity contribution is 7.92. The van der Waals surface area contributed by atoms with Crippen LogP contribution in [0.3, 0.4) is 0 Å². The third-order valence-electron chi connectivity index (χ3n) is 0.466. The van der Waals surface area contributed by atoms with E-state index in [0.717, 1.165) is 12.2 Å². The van der Waals surface area contributed by atoms with Crippen molar-refractivity contribution in [3.8, 4) is 0 Å². The molecule has 1 amide bonds. The molecule has 1 N–H and O–H groups in total. The normalized spacial score (nSPS) is 9.33. The van der Waals surface area contributed by atoms with Crippen molar-refractivity contribution in [1.29, 1.82) is 0 Å². The number of nitrogens with zero attached hydrogens (tertiary/aromatic N) is 1. The third-order valence-corrected chi connectivity index (χ3v) is 0.990. The Kier molecular flexibility index (Phi) is 4.25. The van der Waals surface area contributed by atoms with Crippen LogP contribution < -0.4 is 5.32 Å². The number of amides is 1. The van der Waals surface area contributed by atoms with E-state index in [1.54, 1.807) is 18.4 Å². The van der Waals surface area contributed by atoms with Crippen LogP contribution in [-0.4, -0.2) is 31.5 Å². The smallest absolute Gasteiger partial charge is 0.358 e. The highest BCUT2D eigenvalue weighted by atomic mass is 32.2. The predicted octanol–water partition coefficient (Wildman–Crippen LogP) is 0.467. The molecule has 0 saturated heterocycles. The van der Waals surface area contributed by atoms with Gasteiger partial charge in [0.15, 0.2) is 12.2 Å². The lowest BCUT2D eigenvalue weighted by atomic mass is 11.1. The van der Waals surface area contributed by atoms with Crippen LogP contribution >= 0.6 is 12.2 Å². The van der Waals surface area contributed by atoms with Crippen molar-refractivity contribution in [2.24, 2.45) is 0 Å². The number of hydrogen-bond donors (Lipinski definition) is 1. The Hall–Kier alpha value is -0.420. The van der Waals surface area contributed by atoms with Gasteiger partial charge in [-0.05, 0) is 0 Å². The highest BCUT2D eigenvalue weighted by Crippen LogP contribution is 2.03. The van der Waals surface area contributed by atoms with Crippen LogP contribution in [0.25, 0.3) is 0 Å². The van der Waals surface area contributed by atoms with Gasteiger partial charge in [0.25, 0.3) is 0 Å². The standard InChI is InChI=1S/C4H10N2O2S/c1-5-4(7)8-9-6(2)3/h1-3H3,(H,5,7). The van der Waals surface area contributed by atoms with Gasteiger partial charge >= 0.3 is 6.09 Å². The van der Waals surface area contributed by atoms with Gasteiger partial charge in [0.1, 0.15) is 0 Å². The molecule has 0 aliphatic carbocycles. The lowest BCUT2D eigenvalue weighted by Gasteiger charge is -2.05. The van der Waals surface area contributed by atoms with Crippen molar-refractivity contribution in [2.75, 3.05) is 21.1 Å². The van der Waals surface area contributed by atoms with E-state index in [2.05, 4.69) is 9.50 Å². The molecule has 0 bridgehead atoms. The summed E-state index contributed by atoms with van der Waals surface area (Å²) in [6, 6.07) is 0. The maximum atomic E-state index is 10.3. The van der Waals surface area contributed by atoms with E-state index in [9.17, 15) is 4.79 Å². The number of carbonyl (C=O) groups is 1.